The highest BCUT2D eigenvalue weighted by Gasteiger charge is 2.45. The normalized spacial score (nSPS) is 22.9. The minimum atomic E-state index is -1.44. The zero-order valence-electron chi connectivity index (χ0n) is 18.1. The Morgan fingerprint density at radius 2 is 2.00 bits per heavy atom. The molecule has 4 aromatic rings. The van der Waals surface area contributed by atoms with E-state index in [0.717, 1.165) is 11.1 Å². The van der Waals surface area contributed by atoms with E-state index in [9.17, 15) is 14.6 Å². The second kappa shape index (κ2) is 7.76. The van der Waals surface area contributed by atoms with Crippen LogP contribution in [-0.2, 0) is 6.42 Å². The summed E-state index contributed by atoms with van der Waals surface area (Å²) in [5.41, 5.74) is 7.68. The first-order chi connectivity index (χ1) is 15.7. The summed E-state index contributed by atoms with van der Waals surface area (Å²) < 4.78 is 16.5. The van der Waals surface area contributed by atoms with E-state index < -0.39 is 23.6 Å². The van der Waals surface area contributed by atoms with Gasteiger partial charge in [-0.05, 0) is 62.1 Å². The molecular weight excluding hydrogens is 445 g/mol. The molecule has 33 heavy (non-hydrogen) atoms. The van der Waals surface area contributed by atoms with Crippen molar-refractivity contribution in [1.29, 1.82) is 0 Å². The van der Waals surface area contributed by atoms with Crippen LogP contribution < -0.4 is 5.73 Å². The van der Waals surface area contributed by atoms with Gasteiger partial charge in [-0.1, -0.05) is 17.7 Å². The zero-order chi connectivity index (χ0) is 23.5. The third kappa shape index (κ3) is 3.55. The molecule has 1 aromatic carbocycles. The largest absolute Gasteiger partial charge is 0.387 e. The van der Waals surface area contributed by atoms with E-state index in [-0.39, 0.29) is 10.8 Å². The van der Waals surface area contributed by atoms with Crippen LogP contribution >= 0.6 is 11.6 Å². The molecule has 4 N–H and O–H groups in total. The molecule has 1 aliphatic carbocycles. The highest BCUT2D eigenvalue weighted by Crippen LogP contribution is 2.41. The van der Waals surface area contributed by atoms with E-state index in [1.165, 1.54) is 18.5 Å². The lowest BCUT2D eigenvalue weighted by Crippen LogP contribution is -2.40. The molecule has 3 aromatic heterocycles. The molecule has 0 aliphatic heterocycles. The van der Waals surface area contributed by atoms with Crippen LogP contribution in [0.4, 0.5) is 10.2 Å². The lowest BCUT2D eigenvalue weighted by molar-refractivity contribution is -0.0393. The standard InChI is InChI=1S/C24H23ClFN5O2/c1-12-15-5-6-31(23(15)29-11-28-12)20-9-14(24(2,33)21(20)32)4-3-13-7-18(26)16-10-17(25)22(27)30-19(16)8-13/h5-11,20-21,32-33H,3-4H2,1-2H3,(H2,27,30)/t20-,21+,24-/m1/s1. The molecule has 7 nitrogen and oxygen atoms in total. The highest BCUT2D eigenvalue weighted by atomic mass is 35.5. The highest BCUT2D eigenvalue weighted by molar-refractivity contribution is 6.33. The summed E-state index contributed by atoms with van der Waals surface area (Å²) in [5.74, 6) is -0.290. The maximum absolute atomic E-state index is 14.6. The quantitative estimate of drug-likeness (QED) is 0.393. The Hall–Kier alpha value is -3.07. The molecular formula is C24H23ClFN5O2. The van der Waals surface area contributed by atoms with Crippen molar-refractivity contribution in [2.45, 2.75) is 44.4 Å². The number of hydrogen-bond acceptors (Lipinski definition) is 6. The van der Waals surface area contributed by atoms with Gasteiger partial charge in [-0.2, -0.15) is 0 Å². The van der Waals surface area contributed by atoms with Crippen molar-refractivity contribution in [2.24, 2.45) is 0 Å². The number of nitrogens with two attached hydrogens (primary N) is 1. The van der Waals surface area contributed by atoms with Gasteiger partial charge in [0.15, 0.2) is 0 Å². The number of aryl methyl sites for hydroxylation is 2. The number of nitrogens with zero attached hydrogens (tertiary/aromatic N) is 4. The third-order valence-corrected chi connectivity index (χ3v) is 6.86. The minimum Gasteiger partial charge on any atom is -0.387 e. The Morgan fingerprint density at radius 3 is 2.79 bits per heavy atom. The van der Waals surface area contributed by atoms with E-state index in [1.807, 2.05) is 29.8 Å². The summed E-state index contributed by atoms with van der Waals surface area (Å²) in [4.78, 5) is 12.8. The number of aromatic nitrogens is 4. The van der Waals surface area contributed by atoms with Gasteiger partial charge in [0.2, 0.25) is 0 Å². The molecule has 0 unspecified atom stereocenters. The molecule has 0 amide bonds. The molecule has 1 aliphatic rings. The Kier molecular flexibility index (Phi) is 5.12. The first-order valence-corrected chi connectivity index (χ1v) is 11.0. The van der Waals surface area contributed by atoms with Crippen LogP contribution in [0, 0.1) is 12.7 Å². The van der Waals surface area contributed by atoms with E-state index in [4.69, 9.17) is 17.3 Å². The minimum absolute atomic E-state index is 0.145. The fourth-order valence-corrected chi connectivity index (χ4v) is 4.75. The summed E-state index contributed by atoms with van der Waals surface area (Å²) in [6, 6.07) is 6.09. The summed E-state index contributed by atoms with van der Waals surface area (Å²) in [6.07, 6.45) is 5.02. The molecule has 3 heterocycles. The van der Waals surface area contributed by atoms with Crippen LogP contribution in [0.1, 0.15) is 30.6 Å². The van der Waals surface area contributed by atoms with Crippen LogP contribution in [0.5, 0.6) is 0 Å². The van der Waals surface area contributed by atoms with Crippen molar-refractivity contribution in [2.75, 3.05) is 5.73 Å². The maximum atomic E-state index is 14.6. The number of halogens is 2. The van der Waals surface area contributed by atoms with Gasteiger partial charge in [0.05, 0.1) is 22.3 Å². The summed E-state index contributed by atoms with van der Waals surface area (Å²) in [6.45, 7) is 3.50. The predicted molar refractivity (Wildman–Crippen MR) is 125 cm³/mol. The molecule has 0 radical (unpaired) electrons. The van der Waals surface area contributed by atoms with Crippen molar-refractivity contribution in [3.05, 3.63) is 70.5 Å². The molecule has 0 saturated heterocycles. The van der Waals surface area contributed by atoms with Gasteiger partial charge >= 0.3 is 0 Å². The number of anilines is 1. The number of nitrogen functional groups attached to an aromatic ring is 1. The Labute approximate surface area is 194 Å². The van der Waals surface area contributed by atoms with Gasteiger partial charge in [-0.25, -0.2) is 19.3 Å². The number of pyridine rings is 1. The molecule has 170 valence electrons. The number of fused-ring (bicyclic) bond motifs is 2. The SMILES string of the molecule is Cc1ncnc2c1ccn2[C@@H]1C=C(CCc2cc(F)c3cc(Cl)c(N)nc3c2)[C@@](C)(O)[C@H]1O. The van der Waals surface area contributed by atoms with Gasteiger partial charge in [0, 0.05) is 17.0 Å². The fourth-order valence-electron chi connectivity index (χ4n) is 4.60. The number of hydrogen-bond donors (Lipinski definition) is 3. The van der Waals surface area contributed by atoms with Crippen molar-refractivity contribution in [3.8, 4) is 0 Å². The van der Waals surface area contributed by atoms with E-state index in [1.54, 1.807) is 13.0 Å². The molecule has 5 rings (SSSR count). The molecule has 0 fully saturated rings. The van der Waals surface area contributed by atoms with Gasteiger partial charge in [-0.15, -0.1) is 0 Å². The predicted octanol–water partition coefficient (Wildman–Crippen LogP) is 3.89. The third-order valence-electron chi connectivity index (χ3n) is 6.56. The maximum Gasteiger partial charge on any atom is 0.144 e. The average molecular weight is 468 g/mol. The van der Waals surface area contributed by atoms with Gasteiger partial charge in [0.25, 0.3) is 0 Å². The van der Waals surface area contributed by atoms with E-state index >= 15 is 0 Å². The smallest absolute Gasteiger partial charge is 0.144 e. The molecule has 0 bridgehead atoms. The van der Waals surface area contributed by atoms with Crippen LogP contribution in [0.2, 0.25) is 5.02 Å². The lowest BCUT2D eigenvalue weighted by atomic mass is 9.90. The molecule has 0 saturated carbocycles. The topological polar surface area (TPSA) is 110 Å². The number of benzene rings is 1. The molecule has 0 spiro atoms. The first kappa shape index (κ1) is 21.8. The van der Waals surface area contributed by atoms with Gasteiger partial charge in [0.1, 0.15) is 35.3 Å². The van der Waals surface area contributed by atoms with Crippen LogP contribution in [0.3, 0.4) is 0 Å². The fraction of sp³-hybridized carbons (Fsp3) is 0.292. The second-order valence-electron chi connectivity index (χ2n) is 8.69. The number of aliphatic hydroxyl groups excluding tert-OH is 1. The zero-order valence-corrected chi connectivity index (χ0v) is 18.9. The Morgan fingerprint density at radius 1 is 1.21 bits per heavy atom. The Bertz CT molecular complexity index is 1430. The first-order valence-electron chi connectivity index (χ1n) is 10.6. The van der Waals surface area contributed by atoms with Crippen LogP contribution in [0.25, 0.3) is 21.9 Å². The second-order valence-corrected chi connectivity index (χ2v) is 9.10. The lowest BCUT2D eigenvalue weighted by Gasteiger charge is -2.28. The van der Waals surface area contributed by atoms with E-state index in [2.05, 4.69) is 15.0 Å². The summed E-state index contributed by atoms with van der Waals surface area (Å²) >= 11 is 5.97. The number of aliphatic hydroxyl groups is 2. The molecule has 3 atom stereocenters. The Balaban J connectivity index is 1.45. The van der Waals surface area contributed by atoms with Crippen LogP contribution in [-0.4, -0.2) is 41.4 Å². The van der Waals surface area contributed by atoms with Crippen molar-refractivity contribution in [3.63, 3.8) is 0 Å². The van der Waals surface area contributed by atoms with Crippen LogP contribution in [0.15, 0.2) is 48.4 Å². The summed E-state index contributed by atoms with van der Waals surface area (Å²) in [7, 11) is 0. The van der Waals surface area contributed by atoms with Gasteiger partial charge in [-0.3, -0.25) is 0 Å². The monoisotopic (exact) mass is 467 g/mol. The summed E-state index contributed by atoms with van der Waals surface area (Å²) in [5, 5.41) is 23.5. The van der Waals surface area contributed by atoms with E-state index in [0.29, 0.717) is 40.5 Å². The van der Waals surface area contributed by atoms with Gasteiger partial charge < -0.3 is 20.5 Å². The van der Waals surface area contributed by atoms with Crippen molar-refractivity contribution in [1.82, 2.24) is 19.5 Å². The van der Waals surface area contributed by atoms with Crippen molar-refractivity contribution >= 4 is 39.4 Å². The molecule has 9 heteroatoms. The average Bonchev–Trinajstić information content (AvgIpc) is 3.28. The van der Waals surface area contributed by atoms with Crippen molar-refractivity contribution < 1.29 is 14.6 Å². The number of rotatable bonds is 4.